The molecule has 0 radical (unpaired) electrons. The van der Waals surface area contributed by atoms with E-state index < -0.39 is 6.04 Å². The third-order valence-electron chi connectivity index (χ3n) is 3.14. The van der Waals surface area contributed by atoms with Gasteiger partial charge in [-0.15, -0.1) is 0 Å². The summed E-state index contributed by atoms with van der Waals surface area (Å²) < 4.78 is 5.20. The number of nitrogens with zero attached hydrogens (tertiary/aromatic N) is 1. The zero-order valence-corrected chi connectivity index (χ0v) is 12.0. The van der Waals surface area contributed by atoms with Gasteiger partial charge in [-0.3, -0.25) is 4.79 Å². The summed E-state index contributed by atoms with van der Waals surface area (Å²) in [5.41, 5.74) is 2.13. The van der Waals surface area contributed by atoms with Crippen LogP contribution in [0.15, 0.2) is 48.5 Å². The number of hydrogen-bond donors (Lipinski definition) is 1. The summed E-state index contributed by atoms with van der Waals surface area (Å²) in [6.45, 7) is 1.90. The van der Waals surface area contributed by atoms with E-state index in [1.54, 1.807) is 12.1 Å². The van der Waals surface area contributed by atoms with Gasteiger partial charge < -0.3 is 10.1 Å². The van der Waals surface area contributed by atoms with Crippen LogP contribution in [-0.4, -0.2) is 13.0 Å². The number of aryl methyl sites for hydroxylation is 1. The van der Waals surface area contributed by atoms with E-state index in [1.165, 1.54) is 7.11 Å². The molecule has 0 heterocycles. The second-order valence-corrected chi connectivity index (χ2v) is 4.65. The zero-order chi connectivity index (χ0) is 15.2. The molecular formula is C17H16N2O2. The topological polar surface area (TPSA) is 62.1 Å². The van der Waals surface area contributed by atoms with Crippen LogP contribution in [0.3, 0.4) is 0 Å². The fraction of sp³-hybridized carbons (Fsp3) is 0.176. The van der Waals surface area contributed by atoms with Crippen molar-refractivity contribution in [2.75, 3.05) is 7.11 Å². The third kappa shape index (κ3) is 3.40. The highest BCUT2D eigenvalue weighted by atomic mass is 16.5. The minimum absolute atomic E-state index is 0.328. The minimum atomic E-state index is -0.691. The van der Waals surface area contributed by atoms with Gasteiger partial charge in [0, 0.05) is 0 Å². The SMILES string of the molecule is COc1ccc(C)cc1C(=O)NC(C#N)c1ccccc1. The molecule has 0 saturated heterocycles. The van der Waals surface area contributed by atoms with Crippen LogP contribution in [0.25, 0.3) is 0 Å². The molecule has 0 bridgehead atoms. The summed E-state index contributed by atoms with van der Waals surface area (Å²) in [5.74, 6) is 0.161. The van der Waals surface area contributed by atoms with Crippen molar-refractivity contribution >= 4 is 5.91 Å². The van der Waals surface area contributed by atoms with Crippen LogP contribution in [0.1, 0.15) is 27.5 Å². The van der Waals surface area contributed by atoms with Gasteiger partial charge in [-0.05, 0) is 24.6 Å². The average molecular weight is 280 g/mol. The maximum atomic E-state index is 12.4. The molecule has 0 fully saturated rings. The Kier molecular flexibility index (Phi) is 4.57. The van der Waals surface area contributed by atoms with Gasteiger partial charge in [0.1, 0.15) is 11.8 Å². The van der Waals surface area contributed by atoms with Crippen molar-refractivity contribution in [1.82, 2.24) is 5.32 Å². The average Bonchev–Trinajstić information content (AvgIpc) is 2.53. The molecule has 0 aliphatic carbocycles. The lowest BCUT2D eigenvalue weighted by Crippen LogP contribution is -2.28. The first kappa shape index (κ1) is 14.6. The molecule has 0 saturated carbocycles. The number of hydrogen-bond acceptors (Lipinski definition) is 3. The summed E-state index contributed by atoms with van der Waals surface area (Å²) in [4.78, 5) is 12.4. The van der Waals surface area contributed by atoms with Crippen LogP contribution in [0.2, 0.25) is 0 Å². The Morgan fingerprint density at radius 1 is 1.24 bits per heavy atom. The molecule has 2 aromatic carbocycles. The second kappa shape index (κ2) is 6.58. The molecule has 1 N–H and O–H groups in total. The molecule has 2 rings (SSSR count). The maximum Gasteiger partial charge on any atom is 0.256 e. The third-order valence-corrected chi connectivity index (χ3v) is 3.14. The Labute approximate surface area is 124 Å². The van der Waals surface area contributed by atoms with E-state index in [2.05, 4.69) is 11.4 Å². The molecule has 0 aliphatic rings. The van der Waals surface area contributed by atoms with E-state index >= 15 is 0 Å². The van der Waals surface area contributed by atoms with Gasteiger partial charge in [0.15, 0.2) is 0 Å². The number of benzene rings is 2. The predicted octanol–water partition coefficient (Wildman–Crippen LogP) is 3.00. The molecule has 0 spiro atoms. The highest BCUT2D eigenvalue weighted by Gasteiger charge is 2.18. The van der Waals surface area contributed by atoms with Crippen LogP contribution < -0.4 is 10.1 Å². The van der Waals surface area contributed by atoms with Gasteiger partial charge >= 0.3 is 0 Å². The summed E-state index contributed by atoms with van der Waals surface area (Å²) in [7, 11) is 1.51. The Morgan fingerprint density at radius 3 is 2.57 bits per heavy atom. The summed E-state index contributed by atoms with van der Waals surface area (Å²) in [6, 6.07) is 15.9. The minimum Gasteiger partial charge on any atom is -0.496 e. The molecular weight excluding hydrogens is 264 g/mol. The van der Waals surface area contributed by atoms with Gasteiger partial charge in [-0.1, -0.05) is 42.0 Å². The van der Waals surface area contributed by atoms with E-state index in [-0.39, 0.29) is 5.91 Å². The number of carbonyl (C=O) groups excluding carboxylic acids is 1. The largest absolute Gasteiger partial charge is 0.496 e. The van der Waals surface area contributed by atoms with Gasteiger partial charge in [0.25, 0.3) is 5.91 Å². The fourth-order valence-electron chi connectivity index (χ4n) is 2.04. The molecule has 1 amide bonds. The van der Waals surface area contributed by atoms with E-state index in [9.17, 15) is 10.1 Å². The molecule has 0 aromatic heterocycles. The number of ether oxygens (including phenoxy) is 1. The van der Waals surface area contributed by atoms with Crippen LogP contribution >= 0.6 is 0 Å². The fourth-order valence-corrected chi connectivity index (χ4v) is 2.04. The van der Waals surface area contributed by atoms with Gasteiger partial charge in [-0.2, -0.15) is 5.26 Å². The van der Waals surface area contributed by atoms with Crippen molar-refractivity contribution in [3.63, 3.8) is 0 Å². The highest BCUT2D eigenvalue weighted by molar-refractivity contribution is 5.97. The van der Waals surface area contributed by atoms with Gasteiger partial charge in [-0.25, -0.2) is 0 Å². The molecule has 2 aromatic rings. The number of amides is 1. The lowest BCUT2D eigenvalue weighted by atomic mass is 10.1. The Morgan fingerprint density at radius 2 is 1.95 bits per heavy atom. The van der Waals surface area contributed by atoms with Crippen molar-refractivity contribution in [3.05, 3.63) is 65.2 Å². The second-order valence-electron chi connectivity index (χ2n) is 4.65. The van der Waals surface area contributed by atoms with Crippen molar-refractivity contribution < 1.29 is 9.53 Å². The van der Waals surface area contributed by atoms with Crippen molar-refractivity contribution in [2.45, 2.75) is 13.0 Å². The molecule has 4 nitrogen and oxygen atoms in total. The Hall–Kier alpha value is -2.80. The van der Waals surface area contributed by atoms with E-state index in [0.29, 0.717) is 11.3 Å². The van der Waals surface area contributed by atoms with Crippen LogP contribution in [0.5, 0.6) is 5.75 Å². The normalized spacial score (nSPS) is 11.3. The van der Waals surface area contributed by atoms with E-state index in [4.69, 9.17) is 4.74 Å². The smallest absolute Gasteiger partial charge is 0.256 e. The highest BCUT2D eigenvalue weighted by Crippen LogP contribution is 2.21. The summed E-state index contributed by atoms with van der Waals surface area (Å²) in [6.07, 6.45) is 0. The number of rotatable bonds is 4. The molecule has 4 heteroatoms. The van der Waals surface area contributed by atoms with Crippen molar-refractivity contribution in [2.24, 2.45) is 0 Å². The number of methoxy groups -OCH3 is 1. The number of nitrogens with one attached hydrogen (secondary N) is 1. The monoisotopic (exact) mass is 280 g/mol. The first-order chi connectivity index (χ1) is 10.2. The lowest BCUT2D eigenvalue weighted by Gasteiger charge is -2.14. The first-order valence-corrected chi connectivity index (χ1v) is 6.55. The molecule has 21 heavy (non-hydrogen) atoms. The Bertz CT molecular complexity index is 675. The quantitative estimate of drug-likeness (QED) is 0.936. The van der Waals surface area contributed by atoms with E-state index in [1.807, 2.05) is 43.3 Å². The van der Waals surface area contributed by atoms with Crippen molar-refractivity contribution in [3.8, 4) is 11.8 Å². The van der Waals surface area contributed by atoms with Gasteiger partial charge in [0.2, 0.25) is 0 Å². The predicted molar refractivity (Wildman–Crippen MR) is 80.0 cm³/mol. The van der Waals surface area contributed by atoms with Crippen LogP contribution in [0.4, 0.5) is 0 Å². The van der Waals surface area contributed by atoms with Crippen LogP contribution in [0, 0.1) is 18.3 Å². The molecule has 0 aliphatic heterocycles. The Balaban J connectivity index is 2.25. The van der Waals surface area contributed by atoms with Crippen LogP contribution in [-0.2, 0) is 0 Å². The maximum absolute atomic E-state index is 12.4. The van der Waals surface area contributed by atoms with E-state index in [0.717, 1.165) is 11.1 Å². The number of carbonyl (C=O) groups is 1. The first-order valence-electron chi connectivity index (χ1n) is 6.55. The summed E-state index contributed by atoms with van der Waals surface area (Å²) in [5, 5.41) is 12.0. The molecule has 106 valence electrons. The lowest BCUT2D eigenvalue weighted by molar-refractivity contribution is 0.0942. The molecule has 1 unspecified atom stereocenters. The van der Waals surface area contributed by atoms with Gasteiger partial charge in [0.05, 0.1) is 18.7 Å². The van der Waals surface area contributed by atoms with Crippen molar-refractivity contribution in [1.29, 1.82) is 5.26 Å². The summed E-state index contributed by atoms with van der Waals surface area (Å²) >= 11 is 0. The number of nitriles is 1. The molecule has 1 atom stereocenters. The standard InChI is InChI=1S/C17H16N2O2/c1-12-8-9-16(21-2)14(10-12)17(20)19-15(11-18)13-6-4-3-5-7-13/h3-10,15H,1-2H3,(H,19,20). The zero-order valence-electron chi connectivity index (χ0n) is 12.0.